The third kappa shape index (κ3) is 6.36. The summed E-state index contributed by atoms with van der Waals surface area (Å²) in [6, 6.07) is 14.8. The topological polar surface area (TPSA) is 115 Å². The van der Waals surface area contributed by atoms with E-state index in [-0.39, 0.29) is 27.8 Å². The van der Waals surface area contributed by atoms with E-state index in [9.17, 15) is 18.8 Å². The van der Waals surface area contributed by atoms with E-state index in [0.29, 0.717) is 17.0 Å². The minimum absolute atomic E-state index is 0.144. The zero-order chi connectivity index (χ0) is 26.2. The summed E-state index contributed by atoms with van der Waals surface area (Å²) in [6.45, 7) is 1.59. The van der Waals surface area contributed by atoms with Crippen molar-refractivity contribution in [3.05, 3.63) is 82.6 Å². The Hall–Kier alpha value is -4.44. The zero-order valence-corrected chi connectivity index (χ0v) is 20.2. The zero-order valence-electron chi connectivity index (χ0n) is 19.4. The molecule has 2 N–H and O–H groups in total. The number of amides is 2. The average Bonchev–Trinajstić information content (AvgIpc) is 2.89. The summed E-state index contributed by atoms with van der Waals surface area (Å²) in [5, 5.41) is 6.00. The summed E-state index contributed by atoms with van der Waals surface area (Å²) in [6.07, 6.45) is 0. The molecule has 0 spiro atoms. The van der Waals surface area contributed by atoms with Crippen LogP contribution in [0.5, 0.6) is 17.2 Å². The largest absolute Gasteiger partial charge is 0.496 e. The molecule has 0 aliphatic heterocycles. The maximum absolute atomic E-state index is 13.2. The first-order valence-corrected chi connectivity index (χ1v) is 10.8. The number of halogens is 2. The monoisotopic (exact) mass is 513 g/mol. The van der Waals surface area contributed by atoms with E-state index >= 15 is 0 Å². The standard InChI is InChI=1S/C25H21ClFN3O6/c1-14(29-30-24(32)23(31)28-16-9-10-19(27)18(26)13-16)15-8-11-21(22(12-15)35-3)36-25(33)17-6-4-5-7-20(17)34-2/h4-13H,1-3H3,(H,28,31)(H,30,32). The quantitative estimate of drug-likeness (QED) is 0.161. The first-order chi connectivity index (χ1) is 17.2. The summed E-state index contributed by atoms with van der Waals surface area (Å²) >= 11 is 5.66. The molecule has 0 heterocycles. The third-order valence-electron chi connectivity index (χ3n) is 4.82. The third-order valence-corrected chi connectivity index (χ3v) is 5.11. The predicted octanol–water partition coefficient (Wildman–Crippen LogP) is 4.19. The Kier molecular flexibility index (Phi) is 8.58. The predicted molar refractivity (Wildman–Crippen MR) is 131 cm³/mol. The number of nitrogens with one attached hydrogen (secondary N) is 2. The summed E-state index contributed by atoms with van der Waals surface area (Å²) in [7, 11) is 2.85. The van der Waals surface area contributed by atoms with Gasteiger partial charge in [0.15, 0.2) is 11.5 Å². The van der Waals surface area contributed by atoms with Crippen LogP contribution in [0.15, 0.2) is 65.8 Å². The Balaban J connectivity index is 1.68. The van der Waals surface area contributed by atoms with Crippen LogP contribution in [0.2, 0.25) is 5.02 Å². The van der Waals surface area contributed by atoms with Crippen LogP contribution in [0.4, 0.5) is 10.1 Å². The minimum atomic E-state index is -1.05. The van der Waals surface area contributed by atoms with Crippen LogP contribution in [0.3, 0.4) is 0 Å². The molecule has 3 aromatic rings. The molecule has 11 heteroatoms. The van der Waals surface area contributed by atoms with Crippen molar-refractivity contribution in [1.29, 1.82) is 0 Å². The summed E-state index contributed by atoms with van der Waals surface area (Å²) in [5.74, 6) is -2.60. The van der Waals surface area contributed by atoms with Gasteiger partial charge >= 0.3 is 17.8 Å². The summed E-state index contributed by atoms with van der Waals surface area (Å²) in [5.41, 5.74) is 3.38. The van der Waals surface area contributed by atoms with Crippen LogP contribution in [0.25, 0.3) is 0 Å². The summed E-state index contributed by atoms with van der Waals surface area (Å²) in [4.78, 5) is 36.7. The second-order valence-electron chi connectivity index (χ2n) is 7.18. The van der Waals surface area contributed by atoms with Gasteiger partial charge in [0.25, 0.3) is 0 Å². The van der Waals surface area contributed by atoms with Crippen molar-refractivity contribution in [3.63, 3.8) is 0 Å². The maximum atomic E-state index is 13.2. The van der Waals surface area contributed by atoms with E-state index in [4.69, 9.17) is 25.8 Å². The fourth-order valence-electron chi connectivity index (χ4n) is 2.96. The molecule has 0 aliphatic carbocycles. The second-order valence-corrected chi connectivity index (χ2v) is 7.58. The first-order valence-electron chi connectivity index (χ1n) is 10.4. The smallest absolute Gasteiger partial charge is 0.347 e. The van der Waals surface area contributed by atoms with Gasteiger partial charge in [-0.25, -0.2) is 14.6 Å². The van der Waals surface area contributed by atoms with E-state index in [1.165, 1.54) is 32.4 Å². The van der Waals surface area contributed by atoms with Gasteiger partial charge in [0.2, 0.25) is 0 Å². The van der Waals surface area contributed by atoms with Crippen LogP contribution >= 0.6 is 11.6 Å². The lowest BCUT2D eigenvalue weighted by molar-refractivity contribution is -0.136. The minimum Gasteiger partial charge on any atom is -0.496 e. The van der Waals surface area contributed by atoms with Gasteiger partial charge in [-0.15, -0.1) is 0 Å². The van der Waals surface area contributed by atoms with Crippen molar-refractivity contribution in [2.75, 3.05) is 19.5 Å². The molecule has 3 rings (SSSR count). The average molecular weight is 514 g/mol. The number of para-hydroxylation sites is 1. The van der Waals surface area contributed by atoms with Crippen LogP contribution in [0, 0.1) is 5.82 Å². The molecular formula is C25H21ClFN3O6. The van der Waals surface area contributed by atoms with Crippen LogP contribution < -0.4 is 25.0 Å². The van der Waals surface area contributed by atoms with Crippen molar-refractivity contribution >= 4 is 40.8 Å². The molecule has 0 unspecified atom stereocenters. The number of anilines is 1. The Morgan fingerprint density at radius 2 is 1.61 bits per heavy atom. The molecule has 186 valence electrons. The Morgan fingerprint density at radius 3 is 2.31 bits per heavy atom. The second kappa shape index (κ2) is 11.8. The molecule has 0 aliphatic rings. The number of carbonyl (C=O) groups excluding carboxylic acids is 3. The van der Waals surface area contributed by atoms with Gasteiger partial charge in [-0.2, -0.15) is 5.10 Å². The molecule has 3 aromatic carbocycles. The molecule has 0 saturated heterocycles. The fraction of sp³-hybridized carbons (Fsp3) is 0.120. The molecular weight excluding hydrogens is 493 g/mol. The number of hydrazone groups is 1. The van der Waals surface area contributed by atoms with Gasteiger partial charge in [0.05, 0.1) is 25.0 Å². The highest BCUT2D eigenvalue weighted by Gasteiger charge is 2.18. The van der Waals surface area contributed by atoms with Crippen LogP contribution in [0.1, 0.15) is 22.8 Å². The Bertz CT molecular complexity index is 1350. The van der Waals surface area contributed by atoms with E-state index in [1.807, 2.05) is 0 Å². The van der Waals surface area contributed by atoms with Gasteiger partial charge in [-0.3, -0.25) is 9.59 Å². The van der Waals surface area contributed by atoms with E-state index < -0.39 is 23.6 Å². The van der Waals surface area contributed by atoms with Gasteiger partial charge in [-0.1, -0.05) is 23.7 Å². The van der Waals surface area contributed by atoms with Crippen molar-refractivity contribution in [2.24, 2.45) is 5.10 Å². The molecule has 0 aromatic heterocycles. The highest BCUT2D eigenvalue weighted by Crippen LogP contribution is 2.30. The summed E-state index contributed by atoms with van der Waals surface area (Å²) < 4.78 is 29.2. The lowest BCUT2D eigenvalue weighted by atomic mass is 10.1. The van der Waals surface area contributed by atoms with Gasteiger partial charge in [0, 0.05) is 11.3 Å². The van der Waals surface area contributed by atoms with Crippen molar-refractivity contribution < 1.29 is 33.0 Å². The lowest BCUT2D eigenvalue weighted by Crippen LogP contribution is -2.33. The molecule has 2 amide bonds. The Morgan fingerprint density at radius 1 is 0.889 bits per heavy atom. The number of benzene rings is 3. The van der Waals surface area contributed by atoms with Crippen LogP contribution in [-0.2, 0) is 9.59 Å². The first kappa shape index (κ1) is 26.2. The van der Waals surface area contributed by atoms with Crippen molar-refractivity contribution in [1.82, 2.24) is 5.43 Å². The highest BCUT2D eigenvalue weighted by molar-refractivity contribution is 6.40. The molecule has 0 fully saturated rings. The molecule has 36 heavy (non-hydrogen) atoms. The number of nitrogens with zero attached hydrogens (tertiary/aromatic N) is 1. The molecule has 9 nitrogen and oxygen atoms in total. The van der Waals surface area contributed by atoms with Gasteiger partial charge < -0.3 is 19.5 Å². The number of methoxy groups -OCH3 is 2. The normalized spacial score (nSPS) is 10.9. The molecule has 0 atom stereocenters. The molecule has 0 saturated carbocycles. The van der Waals surface area contributed by atoms with E-state index in [2.05, 4.69) is 15.8 Å². The number of ether oxygens (including phenoxy) is 3. The number of hydrogen-bond donors (Lipinski definition) is 2. The van der Waals surface area contributed by atoms with Gasteiger partial charge in [-0.05, 0) is 55.5 Å². The molecule has 0 radical (unpaired) electrons. The number of rotatable bonds is 7. The Labute approximate surface area is 210 Å². The number of hydrogen-bond acceptors (Lipinski definition) is 7. The van der Waals surface area contributed by atoms with E-state index in [1.54, 1.807) is 43.3 Å². The highest BCUT2D eigenvalue weighted by atomic mass is 35.5. The van der Waals surface area contributed by atoms with Crippen LogP contribution in [-0.4, -0.2) is 37.7 Å². The van der Waals surface area contributed by atoms with Gasteiger partial charge in [0.1, 0.15) is 17.1 Å². The number of carbonyl (C=O) groups is 3. The maximum Gasteiger partial charge on any atom is 0.347 e. The van der Waals surface area contributed by atoms with Crippen molar-refractivity contribution in [3.8, 4) is 17.2 Å². The lowest BCUT2D eigenvalue weighted by Gasteiger charge is -2.12. The fourth-order valence-corrected chi connectivity index (χ4v) is 3.14. The SMILES string of the molecule is COc1cc(C(C)=NNC(=O)C(=O)Nc2ccc(F)c(Cl)c2)ccc1OC(=O)c1ccccc1OC. The number of esters is 1. The van der Waals surface area contributed by atoms with E-state index in [0.717, 1.165) is 6.07 Å². The molecule has 0 bridgehead atoms. The van der Waals surface area contributed by atoms with Crippen molar-refractivity contribution in [2.45, 2.75) is 6.92 Å².